The first kappa shape index (κ1) is 18.5. The van der Waals surface area contributed by atoms with Gasteiger partial charge in [-0.05, 0) is 49.1 Å². The Morgan fingerprint density at radius 3 is 2.40 bits per heavy atom. The van der Waals surface area contributed by atoms with Crippen LogP contribution in [0.4, 0.5) is 0 Å². The van der Waals surface area contributed by atoms with Gasteiger partial charge in [0.1, 0.15) is 5.75 Å². The molecule has 2 aromatic rings. The lowest BCUT2D eigenvalue weighted by molar-refractivity contribution is 0.0975. The van der Waals surface area contributed by atoms with Crippen molar-refractivity contribution in [1.82, 2.24) is 10.6 Å². The maximum atomic E-state index is 12.0. The SMILES string of the molecule is COc1ccc(C(=O)NC(=N)NCCCCCc2ccccc2)cc1. The van der Waals surface area contributed by atoms with Gasteiger partial charge in [-0.15, -0.1) is 0 Å². The first-order valence-corrected chi connectivity index (χ1v) is 8.51. The van der Waals surface area contributed by atoms with Crippen LogP contribution in [0.25, 0.3) is 0 Å². The van der Waals surface area contributed by atoms with Crippen molar-refractivity contribution in [3.05, 3.63) is 65.7 Å². The fraction of sp³-hybridized carbons (Fsp3) is 0.300. The van der Waals surface area contributed by atoms with Gasteiger partial charge in [-0.2, -0.15) is 0 Å². The average Bonchev–Trinajstić information content (AvgIpc) is 2.65. The molecule has 0 aromatic heterocycles. The van der Waals surface area contributed by atoms with E-state index in [2.05, 4.69) is 34.9 Å². The number of aryl methyl sites for hydroxylation is 1. The summed E-state index contributed by atoms with van der Waals surface area (Å²) in [6, 6.07) is 17.2. The third kappa shape index (κ3) is 6.67. The van der Waals surface area contributed by atoms with E-state index in [-0.39, 0.29) is 11.9 Å². The molecule has 0 atom stereocenters. The number of rotatable bonds is 8. The summed E-state index contributed by atoms with van der Waals surface area (Å²) < 4.78 is 5.06. The fourth-order valence-corrected chi connectivity index (χ4v) is 2.46. The van der Waals surface area contributed by atoms with Crippen molar-refractivity contribution in [3.63, 3.8) is 0 Å². The lowest BCUT2D eigenvalue weighted by atomic mass is 10.1. The second-order valence-corrected chi connectivity index (χ2v) is 5.78. The first-order valence-electron chi connectivity index (χ1n) is 8.51. The van der Waals surface area contributed by atoms with Crippen LogP contribution < -0.4 is 15.4 Å². The van der Waals surface area contributed by atoms with Gasteiger partial charge in [0.15, 0.2) is 5.96 Å². The fourth-order valence-electron chi connectivity index (χ4n) is 2.46. The summed E-state index contributed by atoms with van der Waals surface area (Å²) in [6.45, 7) is 0.677. The highest BCUT2D eigenvalue weighted by atomic mass is 16.5. The van der Waals surface area contributed by atoms with E-state index < -0.39 is 0 Å². The second kappa shape index (κ2) is 10.1. The topological polar surface area (TPSA) is 74.2 Å². The van der Waals surface area contributed by atoms with Crippen molar-refractivity contribution >= 4 is 11.9 Å². The van der Waals surface area contributed by atoms with E-state index in [4.69, 9.17) is 10.1 Å². The van der Waals surface area contributed by atoms with Crippen LogP contribution in [0.1, 0.15) is 35.2 Å². The molecule has 3 N–H and O–H groups in total. The van der Waals surface area contributed by atoms with Crippen LogP contribution in [0.5, 0.6) is 5.75 Å². The molecule has 0 fully saturated rings. The summed E-state index contributed by atoms with van der Waals surface area (Å²) in [5.74, 6) is 0.424. The third-order valence-electron chi connectivity index (χ3n) is 3.88. The summed E-state index contributed by atoms with van der Waals surface area (Å²) in [5, 5.41) is 13.3. The van der Waals surface area contributed by atoms with Crippen LogP contribution in [-0.2, 0) is 6.42 Å². The van der Waals surface area contributed by atoms with Crippen LogP contribution in [0.15, 0.2) is 54.6 Å². The summed E-state index contributed by atoms with van der Waals surface area (Å²) in [7, 11) is 1.58. The molecule has 2 aromatic carbocycles. The Morgan fingerprint density at radius 1 is 1.00 bits per heavy atom. The zero-order valence-corrected chi connectivity index (χ0v) is 14.5. The number of benzene rings is 2. The lowest BCUT2D eigenvalue weighted by Gasteiger charge is -2.10. The molecular weight excluding hydrogens is 314 g/mol. The maximum absolute atomic E-state index is 12.0. The highest BCUT2D eigenvalue weighted by Gasteiger charge is 2.07. The molecule has 0 heterocycles. The smallest absolute Gasteiger partial charge is 0.257 e. The zero-order valence-electron chi connectivity index (χ0n) is 14.5. The van der Waals surface area contributed by atoms with Gasteiger partial charge in [0.05, 0.1) is 7.11 Å². The molecule has 0 aliphatic rings. The lowest BCUT2D eigenvalue weighted by Crippen LogP contribution is -2.40. The largest absolute Gasteiger partial charge is 0.497 e. The molecule has 0 saturated carbocycles. The number of carbonyl (C=O) groups is 1. The van der Waals surface area contributed by atoms with Crippen LogP contribution in [0, 0.1) is 5.41 Å². The van der Waals surface area contributed by atoms with Gasteiger partial charge in [-0.3, -0.25) is 15.5 Å². The normalized spacial score (nSPS) is 10.1. The predicted octanol–water partition coefficient (Wildman–Crippen LogP) is 3.36. The Hall–Kier alpha value is -2.82. The van der Waals surface area contributed by atoms with E-state index in [0.29, 0.717) is 17.9 Å². The van der Waals surface area contributed by atoms with Gasteiger partial charge >= 0.3 is 0 Å². The van der Waals surface area contributed by atoms with E-state index in [9.17, 15) is 4.79 Å². The maximum Gasteiger partial charge on any atom is 0.257 e. The molecule has 5 nitrogen and oxygen atoms in total. The third-order valence-corrected chi connectivity index (χ3v) is 3.88. The standard InChI is InChI=1S/C20H25N3O2/c1-25-18-13-11-17(12-14-18)19(24)23-20(21)22-15-7-3-6-10-16-8-4-2-5-9-16/h2,4-5,8-9,11-14H,3,6-7,10,15H2,1H3,(H3,21,22,23,24). The molecule has 0 radical (unpaired) electrons. The Morgan fingerprint density at radius 2 is 1.72 bits per heavy atom. The van der Waals surface area contributed by atoms with Crippen molar-refractivity contribution in [2.45, 2.75) is 25.7 Å². The van der Waals surface area contributed by atoms with Crippen molar-refractivity contribution in [2.75, 3.05) is 13.7 Å². The Balaban J connectivity index is 1.59. The molecule has 0 saturated heterocycles. The molecule has 1 amide bonds. The molecule has 0 spiro atoms. The van der Waals surface area contributed by atoms with Crippen LogP contribution in [-0.4, -0.2) is 25.5 Å². The van der Waals surface area contributed by atoms with Crippen LogP contribution in [0.3, 0.4) is 0 Å². The summed E-state index contributed by atoms with van der Waals surface area (Å²) in [5.41, 5.74) is 1.85. The van der Waals surface area contributed by atoms with E-state index >= 15 is 0 Å². The van der Waals surface area contributed by atoms with E-state index in [1.165, 1.54) is 5.56 Å². The van der Waals surface area contributed by atoms with Gasteiger partial charge in [-0.25, -0.2) is 0 Å². The van der Waals surface area contributed by atoms with E-state index in [1.54, 1.807) is 31.4 Å². The van der Waals surface area contributed by atoms with Crippen LogP contribution >= 0.6 is 0 Å². The average molecular weight is 339 g/mol. The first-order chi connectivity index (χ1) is 12.2. The molecular formula is C20H25N3O2. The quantitative estimate of drug-likeness (QED) is 0.392. The van der Waals surface area contributed by atoms with Gasteiger partial charge < -0.3 is 10.1 Å². The molecule has 25 heavy (non-hydrogen) atoms. The number of guanidine groups is 1. The number of unbranched alkanes of at least 4 members (excludes halogenated alkanes) is 2. The Kier molecular flexibility index (Phi) is 7.50. The van der Waals surface area contributed by atoms with E-state index in [0.717, 1.165) is 25.7 Å². The molecule has 132 valence electrons. The monoisotopic (exact) mass is 339 g/mol. The number of hydrogen-bond donors (Lipinski definition) is 3. The molecule has 0 aliphatic heterocycles. The summed E-state index contributed by atoms with van der Waals surface area (Å²) >= 11 is 0. The van der Waals surface area contributed by atoms with Crippen molar-refractivity contribution in [3.8, 4) is 5.75 Å². The number of nitrogens with one attached hydrogen (secondary N) is 3. The minimum atomic E-state index is -0.302. The highest BCUT2D eigenvalue weighted by Crippen LogP contribution is 2.11. The number of hydrogen-bond acceptors (Lipinski definition) is 3. The van der Waals surface area contributed by atoms with E-state index in [1.807, 2.05) is 6.07 Å². The Bertz CT molecular complexity index is 669. The number of carbonyl (C=O) groups excluding carboxylic acids is 1. The minimum absolute atomic E-state index is 0.0314. The molecule has 2 rings (SSSR count). The summed E-state index contributed by atoms with van der Waals surface area (Å²) in [6.07, 6.45) is 4.25. The number of methoxy groups -OCH3 is 1. The molecule has 0 bridgehead atoms. The van der Waals surface area contributed by atoms with Crippen LogP contribution in [0.2, 0.25) is 0 Å². The molecule has 0 unspecified atom stereocenters. The van der Waals surface area contributed by atoms with Gasteiger partial charge in [-0.1, -0.05) is 36.8 Å². The molecule has 0 aliphatic carbocycles. The Labute approximate surface area is 148 Å². The van der Waals surface area contributed by atoms with Gasteiger partial charge in [0.2, 0.25) is 0 Å². The second-order valence-electron chi connectivity index (χ2n) is 5.78. The molecule has 5 heteroatoms. The minimum Gasteiger partial charge on any atom is -0.497 e. The highest BCUT2D eigenvalue weighted by molar-refractivity contribution is 6.04. The number of ether oxygens (including phenoxy) is 1. The zero-order chi connectivity index (χ0) is 17.9. The predicted molar refractivity (Wildman–Crippen MR) is 100 cm³/mol. The number of amides is 1. The summed E-state index contributed by atoms with van der Waals surface area (Å²) in [4.78, 5) is 12.0. The van der Waals surface area contributed by atoms with Crippen molar-refractivity contribution in [1.29, 1.82) is 5.41 Å². The van der Waals surface area contributed by atoms with Gasteiger partial charge in [0, 0.05) is 12.1 Å². The van der Waals surface area contributed by atoms with Crippen molar-refractivity contribution < 1.29 is 9.53 Å². The van der Waals surface area contributed by atoms with Crippen molar-refractivity contribution in [2.24, 2.45) is 0 Å². The van der Waals surface area contributed by atoms with Gasteiger partial charge in [0.25, 0.3) is 5.91 Å².